The van der Waals surface area contributed by atoms with Crippen LogP contribution in [0.3, 0.4) is 0 Å². The lowest BCUT2D eigenvalue weighted by atomic mass is 9.96. The normalized spacial score (nSPS) is 17.1. The van der Waals surface area contributed by atoms with Crippen molar-refractivity contribution in [1.29, 1.82) is 0 Å². The number of pyridine rings is 1. The molecule has 3 heterocycles. The minimum Gasteiger partial charge on any atom is -0.390 e. The summed E-state index contributed by atoms with van der Waals surface area (Å²) in [6.07, 6.45) is 0.639. The lowest BCUT2D eigenvalue weighted by molar-refractivity contribution is -0.141. The number of halogens is 3. The first-order valence-corrected chi connectivity index (χ1v) is 8.18. The largest absolute Gasteiger partial charge is 0.433 e. The Bertz CT molecular complexity index is 678. The molecule has 0 aliphatic carbocycles. The minimum atomic E-state index is -4.39. The summed E-state index contributed by atoms with van der Waals surface area (Å²) in [5, 5.41) is 16.9. The van der Waals surface area contributed by atoms with Crippen LogP contribution >= 0.6 is 0 Å². The maximum Gasteiger partial charge on any atom is 0.433 e. The first-order valence-electron chi connectivity index (χ1n) is 8.18. The molecule has 0 spiro atoms. The van der Waals surface area contributed by atoms with Gasteiger partial charge in [-0.1, -0.05) is 11.3 Å². The maximum absolute atomic E-state index is 12.5. The van der Waals surface area contributed by atoms with E-state index >= 15 is 0 Å². The van der Waals surface area contributed by atoms with Crippen LogP contribution in [0.4, 0.5) is 13.2 Å². The predicted molar refractivity (Wildman–Crippen MR) is 83.2 cm³/mol. The monoisotopic (exact) mass is 355 g/mol. The van der Waals surface area contributed by atoms with E-state index in [1.54, 1.807) is 10.9 Å². The van der Waals surface area contributed by atoms with Crippen LogP contribution in [0.5, 0.6) is 0 Å². The maximum atomic E-state index is 12.5. The summed E-state index contributed by atoms with van der Waals surface area (Å²) in [7, 11) is 0. The van der Waals surface area contributed by atoms with E-state index in [1.165, 1.54) is 12.3 Å². The molecule has 136 valence electrons. The molecule has 1 fully saturated rings. The highest BCUT2D eigenvalue weighted by Gasteiger charge is 2.32. The van der Waals surface area contributed by atoms with E-state index in [-0.39, 0.29) is 6.61 Å². The van der Waals surface area contributed by atoms with Crippen LogP contribution in [0.15, 0.2) is 24.5 Å². The predicted octanol–water partition coefficient (Wildman–Crippen LogP) is 2.10. The van der Waals surface area contributed by atoms with Crippen molar-refractivity contribution < 1.29 is 18.3 Å². The van der Waals surface area contributed by atoms with Gasteiger partial charge in [-0.25, -0.2) is 0 Å². The quantitative estimate of drug-likeness (QED) is 0.890. The van der Waals surface area contributed by atoms with E-state index in [0.717, 1.165) is 44.1 Å². The molecule has 0 unspecified atom stereocenters. The molecule has 25 heavy (non-hydrogen) atoms. The second-order valence-corrected chi connectivity index (χ2v) is 6.36. The number of hydrogen-bond acceptors (Lipinski definition) is 5. The third-order valence-corrected chi connectivity index (χ3v) is 4.42. The number of rotatable bonds is 5. The highest BCUT2D eigenvalue weighted by molar-refractivity contribution is 5.16. The van der Waals surface area contributed by atoms with Gasteiger partial charge in [0, 0.05) is 19.3 Å². The molecule has 2 aromatic heterocycles. The Kier molecular flexibility index (Phi) is 5.33. The molecule has 6 nitrogen and oxygen atoms in total. The Morgan fingerprint density at radius 3 is 2.52 bits per heavy atom. The highest BCUT2D eigenvalue weighted by atomic mass is 19.4. The van der Waals surface area contributed by atoms with Crippen LogP contribution < -0.4 is 0 Å². The molecule has 1 aliphatic rings. The summed E-state index contributed by atoms with van der Waals surface area (Å²) in [5.74, 6) is 0.482. The fourth-order valence-corrected chi connectivity index (χ4v) is 3.04. The number of hydrogen-bond donors (Lipinski definition) is 1. The van der Waals surface area contributed by atoms with Crippen molar-refractivity contribution in [3.63, 3.8) is 0 Å². The summed E-state index contributed by atoms with van der Waals surface area (Å²) in [4.78, 5) is 5.73. The average Bonchev–Trinajstić information content (AvgIpc) is 3.04. The van der Waals surface area contributed by atoms with Gasteiger partial charge in [-0.05, 0) is 43.5 Å². The van der Waals surface area contributed by atoms with Crippen molar-refractivity contribution in [2.75, 3.05) is 13.1 Å². The minimum absolute atomic E-state index is 0.111. The lowest BCUT2D eigenvalue weighted by Gasteiger charge is -2.31. The Morgan fingerprint density at radius 2 is 1.96 bits per heavy atom. The van der Waals surface area contributed by atoms with Crippen molar-refractivity contribution in [2.24, 2.45) is 5.92 Å². The number of nitrogens with zero attached hydrogens (tertiary/aromatic N) is 5. The number of aliphatic hydroxyl groups excluding tert-OH is 1. The van der Waals surface area contributed by atoms with Gasteiger partial charge in [0.2, 0.25) is 0 Å². The van der Waals surface area contributed by atoms with E-state index in [4.69, 9.17) is 5.11 Å². The Hall–Kier alpha value is -2.00. The van der Waals surface area contributed by atoms with Crippen LogP contribution in [-0.4, -0.2) is 43.1 Å². The number of alkyl halides is 3. The summed E-state index contributed by atoms with van der Waals surface area (Å²) >= 11 is 0. The van der Waals surface area contributed by atoms with Gasteiger partial charge in [0.1, 0.15) is 11.4 Å². The Morgan fingerprint density at radius 1 is 1.20 bits per heavy atom. The SMILES string of the molecule is OCc1cn(CC2CCN(Cc3ccc(C(F)(F)F)nc3)CC2)nn1. The van der Waals surface area contributed by atoms with Crippen molar-refractivity contribution in [3.8, 4) is 0 Å². The van der Waals surface area contributed by atoms with E-state index in [1.807, 2.05) is 0 Å². The van der Waals surface area contributed by atoms with Gasteiger partial charge in [0.05, 0.1) is 12.8 Å². The second kappa shape index (κ2) is 7.49. The van der Waals surface area contributed by atoms with Gasteiger partial charge in [-0.3, -0.25) is 14.6 Å². The van der Waals surface area contributed by atoms with Crippen molar-refractivity contribution in [2.45, 2.75) is 38.7 Å². The van der Waals surface area contributed by atoms with E-state index in [9.17, 15) is 13.2 Å². The van der Waals surface area contributed by atoms with E-state index in [0.29, 0.717) is 18.2 Å². The lowest BCUT2D eigenvalue weighted by Crippen LogP contribution is -2.34. The summed E-state index contributed by atoms with van der Waals surface area (Å²) in [6.45, 7) is 3.03. The second-order valence-electron chi connectivity index (χ2n) is 6.36. The van der Waals surface area contributed by atoms with Crippen molar-refractivity contribution in [1.82, 2.24) is 24.9 Å². The molecule has 0 aromatic carbocycles. The highest BCUT2D eigenvalue weighted by Crippen LogP contribution is 2.27. The molecule has 3 rings (SSSR count). The third-order valence-electron chi connectivity index (χ3n) is 4.42. The first-order chi connectivity index (χ1) is 11.9. The molecular weight excluding hydrogens is 335 g/mol. The molecule has 1 aliphatic heterocycles. The standard InChI is InChI=1S/C16H20F3N5O/c17-16(18,19)15-2-1-13(7-20-15)8-23-5-3-12(4-6-23)9-24-10-14(11-25)21-22-24/h1-2,7,10,12,25H,3-6,8-9,11H2. The van der Waals surface area contributed by atoms with Gasteiger partial charge in [0.25, 0.3) is 0 Å². The summed E-state index contributed by atoms with van der Waals surface area (Å²) in [5.41, 5.74) is 0.493. The van der Waals surface area contributed by atoms with Gasteiger partial charge in [-0.2, -0.15) is 13.2 Å². The fraction of sp³-hybridized carbons (Fsp3) is 0.562. The molecular formula is C16H20F3N5O. The molecule has 1 saturated heterocycles. The zero-order chi connectivity index (χ0) is 17.9. The molecule has 2 aromatic rings. The van der Waals surface area contributed by atoms with Crippen LogP contribution in [-0.2, 0) is 25.9 Å². The number of aromatic nitrogens is 4. The molecule has 0 atom stereocenters. The molecule has 1 N–H and O–H groups in total. The first kappa shape index (κ1) is 17.8. The van der Waals surface area contributed by atoms with Crippen LogP contribution in [0.25, 0.3) is 0 Å². The van der Waals surface area contributed by atoms with Crippen LogP contribution in [0, 0.1) is 5.92 Å². The van der Waals surface area contributed by atoms with E-state index in [2.05, 4.69) is 20.2 Å². The topological polar surface area (TPSA) is 67.1 Å². The zero-order valence-corrected chi connectivity index (χ0v) is 13.7. The van der Waals surface area contributed by atoms with Gasteiger partial charge in [-0.15, -0.1) is 5.10 Å². The van der Waals surface area contributed by atoms with E-state index < -0.39 is 11.9 Å². The molecule has 0 amide bonds. The third kappa shape index (κ3) is 4.76. The summed E-state index contributed by atoms with van der Waals surface area (Å²) < 4.78 is 39.3. The zero-order valence-electron chi connectivity index (χ0n) is 13.7. The van der Waals surface area contributed by atoms with Crippen LogP contribution in [0.1, 0.15) is 29.8 Å². The van der Waals surface area contributed by atoms with Gasteiger partial charge < -0.3 is 5.11 Å². The number of piperidine rings is 1. The molecule has 0 saturated carbocycles. The average molecular weight is 355 g/mol. The summed E-state index contributed by atoms with van der Waals surface area (Å²) in [6, 6.07) is 2.53. The van der Waals surface area contributed by atoms with Crippen molar-refractivity contribution >= 4 is 0 Å². The number of likely N-dealkylation sites (tertiary alicyclic amines) is 1. The Balaban J connectivity index is 1.47. The molecule has 9 heteroatoms. The van der Waals surface area contributed by atoms with Crippen LogP contribution in [0.2, 0.25) is 0 Å². The Labute approximate surface area is 143 Å². The molecule has 0 radical (unpaired) electrons. The molecule has 0 bridgehead atoms. The number of aliphatic hydroxyl groups is 1. The smallest absolute Gasteiger partial charge is 0.390 e. The van der Waals surface area contributed by atoms with Gasteiger partial charge in [0.15, 0.2) is 0 Å². The fourth-order valence-electron chi connectivity index (χ4n) is 3.04. The van der Waals surface area contributed by atoms with Crippen molar-refractivity contribution in [3.05, 3.63) is 41.5 Å². The van der Waals surface area contributed by atoms with Gasteiger partial charge >= 0.3 is 6.18 Å².